The van der Waals surface area contributed by atoms with Crippen molar-refractivity contribution >= 4 is 23.4 Å². The molecule has 0 saturated heterocycles. The smallest absolute Gasteiger partial charge is 0.270 e. The summed E-state index contributed by atoms with van der Waals surface area (Å²) < 4.78 is 0. The molecule has 0 aromatic heterocycles. The van der Waals surface area contributed by atoms with E-state index in [1.54, 1.807) is 6.07 Å². The van der Waals surface area contributed by atoms with E-state index in [4.69, 9.17) is 0 Å². The minimum atomic E-state index is -0.491. The van der Waals surface area contributed by atoms with Gasteiger partial charge in [0.25, 0.3) is 11.6 Å². The van der Waals surface area contributed by atoms with Crippen molar-refractivity contribution in [2.75, 3.05) is 13.1 Å². The van der Waals surface area contributed by atoms with Crippen molar-refractivity contribution in [1.29, 1.82) is 0 Å². The Morgan fingerprint density at radius 1 is 1.24 bits per heavy atom. The van der Waals surface area contributed by atoms with Crippen LogP contribution in [0.25, 0.3) is 0 Å². The van der Waals surface area contributed by atoms with Gasteiger partial charge in [-0.3, -0.25) is 14.9 Å². The number of carbonyl (C=O) groups is 1. The van der Waals surface area contributed by atoms with Crippen LogP contribution in [0.3, 0.4) is 0 Å². The Bertz CT molecular complexity index is 738. The standard InChI is InChI=1S/C18H21N3O3S/c1-3-19-13(2)12-20-18(22)16-11-14(21(23)24)9-10-17(16)25-15-7-5-4-6-8-15/h4-11,13,19H,3,12H2,1-2H3,(H,20,22)/t13-/m1/s1. The summed E-state index contributed by atoms with van der Waals surface area (Å²) in [6, 6.07) is 14.1. The van der Waals surface area contributed by atoms with Crippen LogP contribution >= 0.6 is 11.8 Å². The number of nitro groups is 1. The van der Waals surface area contributed by atoms with Gasteiger partial charge >= 0.3 is 0 Å². The zero-order valence-electron chi connectivity index (χ0n) is 14.2. The number of nitrogens with zero attached hydrogens (tertiary/aromatic N) is 1. The second kappa shape index (κ2) is 9.19. The fourth-order valence-corrected chi connectivity index (χ4v) is 3.22. The van der Waals surface area contributed by atoms with Crippen molar-refractivity contribution in [1.82, 2.24) is 10.6 Å². The first-order chi connectivity index (χ1) is 12.0. The molecule has 0 saturated carbocycles. The van der Waals surface area contributed by atoms with Gasteiger partial charge in [0, 0.05) is 34.5 Å². The number of non-ortho nitro benzene ring substituents is 1. The molecule has 1 amide bonds. The average Bonchev–Trinajstić information content (AvgIpc) is 2.61. The highest BCUT2D eigenvalue weighted by Crippen LogP contribution is 2.32. The van der Waals surface area contributed by atoms with E-state index >= 15 is 0 Å². The number of likely N-dealkylation sites (N-methyl/N-ethyl adjacent to an activating group) is 1. The highest BCUT2D eigenvalue weighted by molar-refractivity contribution is 7.99. The molecular formula is C18H21N3O3S. The molecule has 0 radical (unpaired) electrons. The maximum absolute atomic E-state index is 12.6. The van der Waals surface area contributed by atoms with Crippen LogP contribution in [0.15, 0.2) is 58.3 Å². The Kier molecular flexibility index (Phi) is 6.97. The van der Waals surface area contributed by atoms with E-state index in [0.717, 1.165) is 11.4 Å². The summed E-state index contributed by atoms with van der Waals surface area (Å²) in [4.78, 5) is 24.8. The molecule has 25 heavy (non-hydrogen) atoms. The molecule has 2 rings (SSSR count). The average molecular weight is 359 g/mol. The van der Waals surface area contributed by atoms with Crippen LogP contribution in [0.4, 0.5) is 5.69 Å². The van der Waals surface area contributed by atoms with E-state index in [-0.39, 0.29) is 17.6 Å². The summed E-state index contributed by atoms with van der Waals surface area (Å²) in [7, 11) is 0. The minimum Gasteiger partial charge on any atom is -0.350 e. The highest BCUT2D eigenvalue weighted by Gasteiger charge is 2.18. The van der Waals surface area contributed by atoms with Gasteiger partial charge in [0.05, 0.1) is 10.5 Å². The lowest BCUT2D eigenvalue weighted by Crippen LogP contribution is -2.38. The van der Waals surface area contributed by atoms with Crippen LogP contribution in [-0.4, -0.2) is 30.0 Å². The fraction of sp³-hybridized carbons (Fsp3) is 0.278. The van der Waals surface area contributed by atoms with Gasteiger partial charge in [-0.2, -0.15) is 0 Å². The normalized spacial score (nSPS) is 11.8. The molecule has 0 fully saturated rings. The number of benzene rings is 2. The summed E-state index contributed by atoms with van der Waals surface area (Å²) in [5.41, 5.74) is 0.217. The minimum absolute atomic E-state index is 0.0951. The summed E-state index contributed by atoms with van der Waals surface area (Å²) in [5.74, 6) is -0.313. The van der Waals surface area contributed by atoms with Crippen LogP contribution in [0.2, 0.25) is 0 Å². The van der Waals surface area contributed by atoms with Crippen molar-refractivity contribution in [2.24, 2.45) is 0 Å². The number of hydrogen-bond acceptors (Lipinski definition) is 5. The molecule has 7 heteroatoms. The predicted octanol–water partition coefficient (Wildman–Crippen LogP) is 3.47. The zero-order valence-corrected chi connectivity index (χ0v) is 15.0. The largest absolute Gasteiger partial charge is 0.350 e. The topological polar surface area (TPSA) is 84.3 Å². The maximum atomic E-state index is 12.6. The molecule has 132 valence electrons. The SMILES string of the molecule is CCN[C@H](C)CNC(=O)c1cc([N+](=O)[O-])ccc1Sc1ccccc1. The molecule has 6 nitrogen and oxygen atoms in total. The quantitative estimate of drug-likeness (QED) is 0.557. The van der Waals surface area contributed by atoms with Gasteiger partial charge in [-0.1, -0.05) is 36.9 Å². The first-order valence-corrected chi connectivity index (χ1v) is 8.85. The lowest BCUT2D eigenvalue weighted by molar-refractivity contribution is -0.384. The second-order valence-electron chi connectivity index (χ2n) is 5.52. The van der Waals surface area contributed by atoms with Crippen molar-refractivity contribution < 1.29 is 9.72 Å². The van der Waals surface area contributed by atoms with Crippen LogP contribution in [0, 0.1) is 10.1 Å². The molecule has 0 aliphatic rings. The number of nitrogens with one attached hydrogen (secondary N) is 2. The number of hydrogen-bond donors (Lipinski definition) is 2. The van der Waals surface area contributed by atoms with Gasteiger partial charge in [-0.05, 0) is 31.7 Å². The van der Waals surface area contributed by atoms with Crippen LogP contribution < -0.4 is 10.6 Å². The Hall–Kier alpha value is -2.38. The van der Waals surface area contributed by atoms with Gasteiger partial charge < -0.3 is 10.6 Å². The summed E-state index contributed by atoms with van der Waals surface area (Å²) in [6.07, 6.45) is 0. The number of nitro benzene ring substituents is 1. The predicted molar refractivity (Wildman–Crippen MR) is 99.1 cm³/mol. The lowest BCUT2D eigenvalue weighted by Gasteiger charge is -2.14. The molecular weight excluding hydrogens is 338 g/mol. The summed E-state index contributed by atoms with van der Waals surface area (Å²) >= 11 is 1.41. The Balaban J connectivity index is 2.24. The molecule has 2 aromatic carbocycles. The molecule has 0 aliphatic heterocycles. The third-order valence-corrected chi connectivity index (χ3v) is 4.59. The zero-order chi connectivity index (χ0) is 18.2. The van der Waals surface area contributed by atoms with Crippen molar-refractivity contribution in [3.8, 4) is 0 Å². The summed E-state index contributed by atoms with van der Waals surface area (Å²) in [6.45, 7) is 5.22. The first kappa shape index (κ1) is 19.0. The molecule has 2 aromatic rings. The van der Waals surface area contributed by atoms with Gasteiger partial charge in [0.2, 0.25) is 0 Å². The first-order valence-electron chi connectivity index (χ1n) is 8.04. The van der Waals surface area contributed by atoms with Crippen LogP contribution in [-0.2, 0) is 0 Å². The highest BCUT2D eigenvalue weighted by atomic mass is 32.2. The van der Waals surface area contributed by atoms with Gasteiger partial charge in [-0.15, -0.1) is 0 Å². The molecule has 0 bridgehead atoms. The van der Waals surface area contributed by atoms with E-state index in [0.29, 0.717) is 17.0 Å². The molecule has 0 unspecified atom stereocenters. The lowest BCUT2D eigenvalue weighted by atomic mass is 10.2. The van der Waals surface area contributed by atoms with E-state index in [9.17, 15) is 14.9 Å². The Morgan fingerprint density at radius 2 is 1.96 bits per heavy atom. The third-order valence-electron chi connectivity index (χ3n) is 3.51. The molecule has 1 atom stereocenters. The fourth-order valence-electron chi connectivity index (χ4n) is 2.28. The van der Waals surface area contributed by atoms with Crippen molar-refractivity contribution in [3.05, 3.63) is 64.2 Å². The second-order valence-corrected chi connectivity index (χ2v) is 6.64. The van der Waals surface area contributed by atoms with E-state index in [2.05, 4.69) is 10.6 Å². The van der Waals surface area contributed by atoms with Gasteiger partial charge in [0.1, 0.15) is 0 Å². The molecule has 0 heterocycles. The third kappa shape index (κ3) is 5.58. The summed E-state index contributed by atoms with van der Waals surface area (Å²) in [5, 5.41) is 17.1. The van der Waals surface area contributed by atoms with Crippen molar-refractivity contribution in [2.45, 2.75) is 29.7 Å². The monoisotopic (exact) mass is 359 g/mol. The molecule has 2 N–H and O–H groups in total. The number of rotatable bonds is 8. The Labute approximate surface area is 151 Å². The van der Waals surface area contributed by atoms with Gasteiger partial charge in [0.15, 0.2) is 0 Å². The maximum Gasteiger partial charge on any atom is 0.270 e. The van der Waals surface area contributed by atoms with Crippen LogP contribution in [0.1, 0.15) is 24.2 Å². The van der Waals surface area contributed by atoms with E-state index < -0.39 is 4.92 Å². The number of amides is 1. The van der Waals surface area contributed by atoms with E-state index in [1.807, 2.05) is 44.2 Å². The number of carbonyl (C=O) groups excluding carboxylic acids is 1. The van der Waals surface area contributed by atoms with Crippen molar-refractivity contribution in [3.63, 3.8) is 0 Å². The molecule has 0 aliphatic carbocycles. The van der Waals surface area contributed by atoms with Gasteiger partial charge in [-0.25, -0.2) is 0 Å². The van der Waals surface area contributed by atoms with Crippen LogP contribution in [0.5, 0.6) is 0 Å². The van der Waals surface area contributed by atoms with E-state index in [1.165, 1.54) is 23.9 Å². The molecule has 0 spiro atoms. The Morgan fingerprint density at radius 3 is 2.60 bits per heavy atom.